The van der Waals surface area contributed by atoms with Crippen molar-refractivity contribution < 1.29 is 14.2 Å². The van der Waals surface area contributed by atoms with Gasteiger partial charge in [-0.1, -0.05) is 54.1 Å². The van der Waals surface area contributed by atoms with Crippen LogP contribution in [0.1, 0.15) is 11.1 Å². The number of aromatic nitrogens is 1. The summed E-state index contributed by atoms with van der Waals surface area (Å²) in [5, 5.41) is 0.670. The van der Waals surface area contributed by atoms with Crippen molar-refractivity contribution in [3.05, 3.63) is 83.1 Å². The molecular weight excluding hydrogens is 362 g/mol. The van der Waals surface area contributed by atoms with Gasteiger partial charge in [-0.25, -0.2) is 0 Å². The summed E-state index contributed by atoms with van der Waals surface area (Å²) in [5.41, 5.74) is 4.43. The van der Waals surface area contributed by atoms with Crippen molar-refractivity contribution in [2.45, 2.75) is 0 Å². The quantitative estimate of drug-likeness (QED) is 0.532. The van der Waals surface area contributed by atoms with Gasteiger partial charge in [0.2, 0.25) is 11.8 Å². The Hall–Kier alpha value is -2.98. The molecule has 0 saturated carbocycles. The van der Waals surface area contributed by atoms with Gasteiger partial charge in [0.25, 0.3) is 0 Å². The van der Waals surface area contributed by atoms with E-state index >= 15 is 0 Å². The molecule has 27 heavy (non-hydrogen) atoms. The average molecular weight is 382 g/mol. The predicted octanol–water partition coefficient (Wildman–Crippen LogP) is 5.45. The van der Waals surface area contributed by atoms with Crippen molar-refractivity contribution in [3.8, 4) is 22.9 Å². The van der Waals surface area contributed by atoms with Crippen molar-refractivity contribution in [1.29, 1.82) is 0 Å². The van der Waals surface area contributed by atoms with Crippen LogP contribution in [0.4, 0.5) is 0 Å². The van der Waals surface area contributed by atoms with Gasteiger partial charge in [0.1, 0.15) is 0 Å². The largest absolute Gasteiger partial charge is 0.504 e. The maximum absolute atomic E-state index is 6.03. The molecule has 0 radical (unpaired) electrons. The van der Waals surface area contributed by atoms with Gasteiger partial charge in [0.05, 0.1) is 27.6 Å². The average Bonchev–Trinajstić information content (AvgIpc) is 2.72. The zero-order chi connectivity index (χ0) is 19.2. The van der Waals surface area contributed by atoms with Crippen molar-refractivity contribution in [2.75, 3.05) is 21.3 Å². The van der Waals surface area contributed by atoms with Gasteiger partial charge in [-0.2, -0.15) is 4.98 Å². The summed E-state index contributed by atoms with van der Waals surface area (Å²) in [5.74, 6) is 0.930. The molecule has 138 valence electrons. The number of nitrogens with zero attached hydrogens (tertiary/aromatic N) is 1. The van der Waals surface area contributed by atoms with E-state index in [0.29, 0.717) is 16.8 Å². The Balaban J connectivity index is 2.23. The minimum atomic E-state index is 0.455. The zero-order valence-electron chi connectivity index (χ0n) is 15.4. The molecule has 0 aliphatic heterocycles. The van der Waals surface area contributed by atoms with E-state index in [0.717, 1.165) is 27.8 Å². The van der Waals surface area contributed by atoms with Crippen molar-refractivity contribution in [1.82, 2.24) is 4.98 Å². The minimum absolute atomic E-state index is 0.455. The van der Waals surface area contributed by atoms with E-state index < -0.39 is 0 Å². The van der Waals surface area contributed by atoms with Gasteiger partial charge in [-0.15, -0.1) is 0 Å². The number of rotatable bonds is 6. The van der Waals surface area contributed by atoms with Gasteiger partial charge < -0.3 is 14.2 Å². The van der Waals surface area contributed by atoms with E-state index in [9.17, 15) is 0 Å². The number of hydrogen-bond acceptors (Lipinski definition) is 4. The van der Waals surface area contributed by atoms with Crippen LogP contribution in [0.25, 0.3) is 16.7 Å². The normalized spacial score (nSPS) is 11.2. The van der Waals surface area contributed by atoms with Gasteiger partial charge in [-0.05, 0) is 29.3 Å². The Morgan fingerprint density at radius 2 is 1.56 bits per heavy atom. The highest BCUT2D eigenvalue weighted by Gasteiger charge is 2.19. The first-order valence-corrected chi connectivity index (χ1v) is 8.73. The summed E-state index contributed by atoms with van der Waals surface area (Å²) in [4.78, 5) is 4.56. The highest BCUT2D eigenvalue weighted by Crippen LogP contribution is 2.38. The van der Waals surface area contributed by atoms with Gasteiger partial charge in [-0.3, -0.25) is 0 Å². The molecule has 0 amide bonds. The second kappa shape index (κ2) is 8.60. The lowest BCUT2D eigenvalue weighted by molar-refractivity contribution is 0.339. The first-order valence-electron chi connectivity index (χ1n) is 8.35. The number of methoxy groups -OCH3 is 3. The molecule has 3 aromatic rings. The van der Waals surface area contributed by atoms with Crippen molar-refractivity contribution in [3.63, 3.8) is 0 Å². The fraction of sp³-hybridized carbons (Fsp3) is 0.136. The summed E-state index contributed by atoms with van der Waals surface area (Å²) >= 11 is 6.03. The van der Waals surface area contributed by atoms with Crippen LogP contribution < -0.4 is 9.47 Å². The Morgan fingerprint density at radius 3 is 2.15 bits per heavy atom. The number of ether oxygens (including phenoxy) is 3. The molecule has 2 aromatic carbocycles. The molecular formula is C22H20ClNO3. The fourth-order valence-electron chi connectivity index (χ4n) is 2.84. The third-order valence-corrected chi connectivity index (χ3v) is 4.36. The number of halogens is 1. The Bertz CT molecular complexity index is 938. The molecule has 0 aliphatic rings. The fourth-order valence-corrected chi connectivity index (χ4v) is 2.97. The van der Waals surface area contributed by atoms with Gasteiger partial charge in [0, 0.05) is 21.7 Å². The van der Waals surface area contributed by atoms with Gasteiger partial charge in [0.15, 0.2) is 0 Å². The summed E-state index contributed by atoms with van der Waals surface area (Å²) < 4.78 is 16.4. The highest BCUT2D eigenvalue weighted by molar-refractivity contribution is 6.30. The predicted molar refractivity (Wildman–Crippen MR) is 108 cm³/mol. The first kappa shape index (κ1) is 18.8. The maximum atomic E-state index is 6.03. The molecule has 1 aromatic heterocycles. The number of pyridine rings is 1. The van der Waals surface area contributed by atoms with Gasteiger partial charge >= 0.3 is 0 Å². The summed E-state index contributed by atoms with van der Waals surface area (Å²) in [6.45, 7) is 0. The van der Waals surface area contributed by atoms with E-state index in [4.69, 9.17) is 25.8 Å². The van der Waals surface area contributed by atoms with E-state index in [1.165, 1.54) is 0 Å². The topological polar surface area (TPSA) is 40.6 Å². The highest BCUT2D eigenvalue weighted by atomic mass is 35.5. The molecule has 0 N–H and O–H groups in total. The molecule has 3 rings (SSSR count). The Morgan fingerprint density at radius 1 is 0.889 bits per heavy atom. The Labute approximate surface area is 164 Å². The van der Waals surface area contributed by atoms with Crippen LogP contribution in [-0.4, -0.2) is 26.3 Å². The maximum Gasteiger partial charge on any atom is 0.224 e. The van der Waals surface area contributed by atoms with E-state index in [1.807, 2.05) is 60.7 Å². The SMILES string of the molecule is CO/C=C(\c1ccccc1)c1cc(-c2ccc(Cl)cc2)c(OC)nc1OC. The van der Waals surface area contributed by atoms with Crippen LogP contribution in [0.15, 0.2) is 66.9 Å². The van der Waals surface area contributed by atoms with Crippen molar-refractivity contribution in [2.24, 2.45) is 0 Å². The van der Waals surface area contributed by atoms with E-state index in [2.05, 4.69) is 4.98 Å². The molecule has 0 saturated heterocycles. The summed E-state index contributed by atoms with van der Waals surface area (Å²) in [6, 6.07) is 19.5. The molecule has 0 bridgehead atoms. The number of hydrogen-bond donors (Lipinski definition) is 0. The third kappa shape index (κ3) is 4.07. The van der Waals surface area contributed by atoms with Crippen LogP contribution in [0.3, 0.4) is 0 Å². The monoisotopic (exact) mass is 381 g/mol. The summed E-state index contributed by atoms with van der Waals surface area (Å²) in [7, 11) is 4.79. The lowest BCUT2D eigenvalue weighted by Gasteiger charge is -2.16. The standard InChI is InChI=1S/C22H20ClNO3/c1-25-14-20(15-7-5-4-6-8-15)19-13-18(16-9-11-17(23)12-10-16)21(26-2)24-22(19)27-3/h4-14H,1-3H3/b20-14+. The third-order valence-electron chi connectivity index (χ3n) is 4.11. The molecule has 0 aliphatic carbocycles. The van der Waals surface area contributed by atoms with Crippen LogP contribution in [0.5, 0.6) is 11.8 Å². The molecule has 0 spiro atoms. The molecule has 0 atom stereocenters. The Kier molecular flexibility index (Phi) is 5.99. The van der Waals surface area contributed by atoms with E-state index in [1.54, 1.807) is 27.6 Å². The van der Waals surface area contributed by atoms with Crippen LogP contribution in [0.2, 0.25) is 5.02 Å². The smallest absolute Gasteiger partial charge is 0.224 e. The lowest BCUT2D eigenvalue weighted by Crippen LogP contribution is -2.01. The first-order chi connectivity index (χ1) is 13.2. The molecule has 0 fully saturated rings. The lowest BCUT2D eigenvalue weighted by atomic mass is 9.96. The minimum Gasteiger partial charge on any atom is -0.504 e. The van der Waals surface area contributed by atoms with Crippen LogP contribution >= 0.6 is 11.6 Å². The van der Waals surface area contributed by atoms with Crippen LogP contribution in [0, 0.1) is 0 Å². The summed E-state index contributed by atoms with van der Waals surface area (Å²) in [6.07, 6.45) is 1.69. The second-order valence-corrected chi connectivity index (χ2v) is 6.18. The molecule has 5 heteroatoms. The van der Waals surface area contributed by atoms with E-state index in [-0.39, 0.29) is 0 Å². The molecule has 4 nitrogen and oxygen atoms in total. The number of benzene rings is 2. The molecule has 0 unspecified atom stereocenters. The molecule has 1 heterocycles. The zero-order valence-corrected chi connectivity index (χ0v) is 16.2. The van der Waals surface area contributed by atoms with Crippen molar-refractivity contribution >= 4 is 17.2 Å². The second-order valence-electron chi connectivity index (χ2n) is 5.74. The van der Waals surface area contributed by atoms with Crippen LogP contribution in [-0.2, 0) is 4.74 Å².